The predicted octanol–water partition coefficient (Wildman–Crippen LogP) is 3.87. The van der Waals surface area contributed by atoms with Gasteiger partial charge in [0, 0.05) is 16.3 Å². The third-order valence-corrected chi connectivity index (χ3v) is 5.83. The van der Waals surface area contributed by atoms with Crippen molar-refractivity contribution in [1.29, 1.82) is 0 Å². The lowest BCUT2D eigenvalue weighted by molar-refractivity contribution is 0.675. The van der Waals surface area contributed by atoms with Crippen LogP contribution in [-0.2, 0) is 10.8 Å². The first kappa shape index (κ1) is 15.4. The first-order valence-corrected chi connectivity index (χ1v) is 8.56. The van der Waals surface area contributed by atoms with E-state index in [0.29, 0.717) is 5.75 Å². The summed E-state index contributed by atoms with van der Waals surface area (Å²) in [5, 5.41) is 0. The number of hydrogen-bond donors (Lipinski definition) is 1. The van der Waals surface area contributed by atoms with Gasteiger partial charge in [0.1, 0.15) is 0 Å². The Morgan fingerprint density at radius 3 is 2.50 bits per heavy atom. The van der Waals surface area contributed by atoms with Gasteiger partial charge in [0.15, 0.2) is 0 Å². The lowest BCUT2D eigenvalue weighted by Gasteiger charge is -2.14. The zero-order valence-electron chi connectivity index (χ0n) is 11.6. The maximum absolute atomic E-state index is 12.4. The van der Waals surface area contributed by atoms with Crippen LogP contribution in [-0.4, -0.2) is 9.96 Å². The molecule has 2 rings (SSSR count). The number of nitrogens with two attached hydrogens (primary N) is 1. The molecule has 106 valence electrons. The highest BCUT2D eigenvalue weighted by atomic mass is 79.9. The van der Waals surface area contributed by atoms with Gasteiger partial charge in [0.25, 0.3) is 0 Å². The van der Waals surface area contributed by atoms with E-state index in [9.17, 15) is 4.21 Å². The lowest BCUT2D eigenvalue weighted by Crippen LogP contribution is -2.18. The fraction of sp³-hybridized carbons (Fsp3) is 0.250. The molecule has 0 bridgehead atoms. The molecule has 2 aromatic carbocycles. The summed E-state index contributed by atoms with van der Waals surface area (Å²) < 4.78 is 13.3. The largest absolute Gasteiger partial charge is 0.323 e. The number of benzene rings is 2. The second-order valence-corrected chi connectivity index (χ2v) is 7.21. The van der Waals surface area contributed by atoms with Crippen LogP contribution in [0.15, 0.2) is 51.8 Å². The Labute approximate surface area is 131 Å². The minimum absolute atomic E-state index is 0.220. The molecule has 0 heterocycles. The van der Waals surface area contributed by atoms with E-state index < -0.39 is 10.8 Å². The zero-order chi connectivity index (χ0) is 14.7. The highest BCUT2D eigenvalue weighted by molar-refractivity contribution is 9.10. The van der Waals surface area contributed by atoms with E-state index in [1.807, 2.05) is 30.3 Å². The Morgan fingerprint density at radius 1 is 1.15 bits per heavy atom. The SMILES string of the molecule is Cc1ccc(C(N)CS(=O)c2ccccc2Br)cc1C. The molecule has 0 aromatic heterocycles. The van der Waals surface area contributed by atoms with E-state index in [0.717, 1.165) is 14.9 Å². The van der Waals surface area contributed by atoms with Gasteiger partial charge in [0.05, 0.1) is 15.7 Å². The highest BCUT2D eigenvalue weighted by Crippen LogP contribution is 2.23. The normalized spacial score (nSPS) is 14.0. The van der Waals surface area contributed by atoms with Gasteiger partial charge in [-0.1, -0.05) is 30.3 Å². The Balaban J connectivity index is 2.15. The zero-order valence-corrected chi connectivity index (χ0v) is 14.0. The van der Waals surface area contributed by atoms with E-state index in [1.165, 1.54) is 11.1 Å². The Kier molecular flexibility index (Phi) is 5.13. The number of aryl methyl sites for hydroxylation is 2. The summed E-state index contributed by atoms with van der Waals surface area (Å²) in [6, 6.07) is 13.5. The van der Waals surface area contributed by atoms with E-state index >= 15 is 0 Å². The monoisotopic (exact) mass is 351 g/mol. The van der Waals surface area contributed by atoms with Crippen LogP contribution in [0.1, 0.15) is 22.7 Å². The maximum Gasteiger partial charge on any atom is 0.0560 e. The molecule has 0 amide bonds. The van der Waals surface area contributed by atoms with Crippen LogP contribution in [0.5, 0.6) is 0 Å². The number of rotatable bonds is 4. The summed E-state index contributed by atoms with van der Waals surface area (Å²) in [5.74, 6) is 0.422. The van der Waals surface area contributed by atoms with Crippen LogP contribution in [0.4, 0.5) is 0 Å². The van der Waals surface area contributed by atoms with Crippen LogP contribution in [0.3, 0.4) is 0 Å². The van der Waals surface area contributed by atoms with Crippen molar-refractivity contribution in [3.8, 4) is 0 Å². The van der Waals surface area contributed by atoms with Gasteiger partial charge >= 0.3 is 0 Å². The summed E-state index contributed by atoms with van der Waals surface area (Å²) in [6.07, 6.45) is 0. The second kappa shape index (κ2) is 6.66. The van der Waals surface area contributed by atoms with Crippen LogP contribution >= 0.6 is 15.9 Å². The van der Waals surface area contributed by atoms with Crippen molar-refractivity contribution in [3.63, 3.8) is 0 Å². The predicted molar refractivity (Wildman–Crippen MR) is 88.3 cm³/mol. The smallest absolute Gasteiger partial charge is 0.0560 e. The summed E-state index contributed by atoms with van der Waals surface area (Å²) in [6.45, 7) is 4.14. The molecule has 0 aliphatic heterocycles. The highest BCUT2D eigenvalue weighted by Gasteiger charge is 2.14. The lowest BCUT2D eigenvalue weighted by atomic mass is 10.0. The molecule has 0 radical (unpaired) electrons. The molecule has 20 heavy (non-hydrogen) atoms. The first-order valence-electron chi connectivity index (χ1n) is 6.44. The molecule has 0 saturated heterocycles. The fourth-order valence-corrected chi connectivity index (χ4v) is 4.01. The van der Waals surface area contributed by atoms with E-state index in [-0.39, 0.29) is 6.04 Å². The van der Waals surface area contributed by atoms with Crippen molar-refractivity contribution in [2.24, 2.45) is 5.73 Å². The molecule has 2 N–H and O–H groups in total. The Hall–Kier alpha value is -0.970. The summed E-state index contributed by atoms with van der Waals surface area (Å²) in [7, 11) is -1.11. The summed E-state index contributed by atoms with van der Waals surface area (Å²) >= 11 is 3.43. The first-order chi connectivity index (χ1) is 9.49. The third kappa shape index (κ3) is 3.57. The Bertz CT molecular complexity index is 642. The van der Waals surface area contributed by atoms with Gasteiger partial charge in [-0.25, -0.2) is 0 Å². The second-order valence-electron chi connectivity index (χ2n) is 4.89. The molecule has 2 atom stereocenters. The molecule has 2 nitrogen and oxygen atoms in total. The van der Waals surface area contributed by atoms with Crippen LogP contribution in [0, 0.1) is 13.8 Å². The molecular formula is C16H18BrNOS. The molecule has 2 unspecified atom stereocenters. The molecule has 0 fully saturated rings. The molecule has 0 aliphatic carbocycles. The molecular weight excluding hydrogens is 334 g/mol. The standard InChI is InChI=1S/C16H18BrNOS/c1-11-7-8-13(9-12(11)2)15(18)10-20(19)16-6-4-3-5-14(16)17/h3-9,15H,10,18H2,1-2H3. The average molecular weight is 352 g/mol. The minimum atomic E-state index is -1.11. The number of hydrogen-bond acceptors (Lipinski definition) is 2. The quantitative estimate of drug-likeness (QED) is 0.908. The Morgan fingerprint density at radius 2 is 1.85 bits per heavy atom. The van der Waals surface area contributed by atoms with E-state index in [2.05, 4.69) is 41.9 Å². The van der Waals surface area contributed by atoms with Gasteiger partial charge in [0.2, 0.25) is 0 Å². The van der Waals surface area contributed by atoms with Crippen LogP contribution in [0.2, 0.25) is 0 Å². The molecule has 4 heteroatoms. The van der Waals surface area contributed by atoms with Crippen LogP contribution in [0.25, 0.3) is 0 Å². The van der Waals surface area contributed by atoms with Crippen molar-refractivity contribution in [3.05, 3.63) is 63.6 Å². The molecule has 0 saturated carbocycles. The van der Waals surface area contributed by atoms with Crippen molar-refractivity contribution >= 4 is 26.7 Å². The van der Waals surface area contributed by atoms with Gasteiger partial charge in [-0.05, 0) is 58.6 Å². The fourth-order valence-electron chi connectivity index (χ4n) is 1.97. The van der Waals surface area contributed by atoms with Crippen molar-refractivity contribution in [2.75, 3.05) is 5.75 Å². The van der Waals surface area contributed by atoms with Gasteiger partial charge < -0.3 is 5.73 Å². The minimum Gasteiger partial charge on any atom is -0.323 e. The molecule has 0 spiro atoms. The maximum atomic E-state index is 12.4. The molecule has 0 aliphatic rings. The van der Waals surface area contributed by atoms with Crippen molar-refractivity contribution in [1.82, 2.24) is 0 Å². The van der Waals surface area contributed by atoms with E-state index in [1.54, 1.807) is 0 Å². The molecule has 2 aromatic rings. The van der Waals surface area contributed by atoms with Gasteiger partial charge in [-0.2, -0.15) is 0 Å². The van der Waals surface area contributed by atoms with Crippen molar-refractivity contribution < 1.29 is 4.21 Å². The topological polar surface area (TPSA) is 43.1 Å². The summed E-state index contributed by atoms with van der Waals surface area (Å²) in [4.78, 5) is 0.798. The third-order valence-electron chi connectivity index (χ3n) is 3.37. The van der Waals surface area contributed by atoms with Crippen LogP contribution < -0.4 is 5.73 Å². The van der Waals surface area contributed by atoms with Gasteiger partial charge in [-0.3, -0.25) is 4.21 Å². The van der Waals surface area contributed by atoms with Gasteiger partial charge in [-0.15, -0.1) is 0 Å². The van der Waals surface area contributed by atoms with Crippen molar-refractivity contribution in [2.45, 2.75) is 24.8 Å². The number of halogens is 1. The van der Waals surface area contributed by atoms with E-state index in [4.69, 9.17) is 5.73 Å². The average Bonchev–Trinajstić information content (AvgIpc) is 2.42. The summed E-state index contributed by atoms with van der Waals surface area (Å²) in [5.41, 5.74) is 9.69.